The summed E-state index contributed by atoms with van der Waals surface area (Å²) in [6, 6.07) is 1.93. The Kier molecular flexibility index (Phi) is 6.58. The van der Waals surface area contributed by atoms with E-state index in [4.69, 9.17) is 4.74 Å². The maximum atomic E-state index is 12.7. The number of nitrogens with one attached hydrogen (secondary N) is 1. The van der Waals surface area contributed by atoms with Crippen LogP contribution in [0.15, 0.2) is 12.3 Å². The van der Waals surface area contributed by atoms with Crippen molar-refractivity contribution in [2.75, 3.05) is 26.8 Å². The van der Waals surface area contributed by atoms with Gasteiger partial charge in [-0.1, -0.05) is 0 Å². The summed E-state index contributed by atoms with van der Waals surface area (Å²) in [6.07, 6.45) is 5.70. The highest BCUT2D eigenvalue weighted by Gasteiger charge is 2.28. The van der Waals surface area contributed by atoms with E-state index in [0.29, 0.717) is 12.2 Å². The molecule has 0 bridgehead atoms. The average Bonchev–Trinajstić information content (AvgIpc) is 3.04. The lowest BCUT2D eigenvalue weighted by molar-refractivity contribution is -0.124. The minimum atomic E-state index is -0.122. The minimum absolute atomic E-state index is 0.00915. The first kappa shape index (κ1) is 17.5. The Morgan fingerprint density at radius 3 is 2.96 bits per heavy atom. The third kappa shape index (κ3) is 4.79. The van der Waals surface area contributed by atoms with Crippen molar-refractivity contribution in [1.82, 2.24) is 20.0 Å². The topological polar surface area (TPSA) is 76.5 Å². The second kappa shape index (κ2) is 8.67. The van der Waals surface area contributed by atoms with Crippen molar-refractivity contribution in [3.63, 3.8) is 0 Å². The number of hydrogen-bond acceptors (Lipinski definition) is 4. The van der Waals surface area contributed by atoms with Gasteiger partial charge in [-0.2, -0.15) is 5.10 Å². The number of aryl methyl sites for hydroxylation is 1. The highest BCUT2D eigenvalue weighted by molar-refractivity contribution is 5.92. The molecule has 2 rings (SSSR count). The number of amides is 2. The molecule has 1 saturated heterocycles. The van der Waals surface area contributed by atoms with Gasteiger partial charge >= 0.3 is 0 Å². The van der Waals surface area contributed by atoms with Crippen LogP contribution in [-0.2, 0) is 16.1 Å². The van der Waals surface area contributed by atoms with Crippen LogP contribution in [0.25, 0.3) is 0 Å². The molecule has 23 heavy (non-hydrogen) atoms. The van der Waals surface area contributed by atoms with Crippen molar-refractivity contribution in [1.29, 1.82) is 0 Å². The molecule has 7 heteroatoms. The molecule has 0 aromatic carbocycles. The molecule has 1 aromatic rings. The largest absolute Gasteiger partial charge is 0.375 e. The van der Waals surface area contributed by atoms with Crippen LogP contribution in [-0.4, -0.2) is 59.3 Å². The van der Waals surface area contributed by atoms with Crippen LogP contribution in [0.2, 0.25) is 0 Å². The van der Waals surface area contributed by atoms with E-state index in [1.54, 1.807) is 10.7 Å². The molecule has 0 aliphatic carbocycles. The van der Waals surface area contributed by atoms with Gasteiger partial charge in [-0.3, -0.25) is 14.3 Å². The highest BCUT2D eigenvalue weighted by atomic mass is 16.5. The van der Waals surface area contributed by atoms with E-state index in [-0.39, 0.29) is 24.5 Å². The van der Waals surface area contributed by atoms with Crippen LogP contribution in [0.4, 0.5) is 0 Å². The number of rotatable bonds is 7. The molecule has 1 aliphatic rings. The summed E-state index contributed by atoms with van der Waals surface area (Å²) in [5, 5.41) is 7.13. The molecule has 2 heterocycles. The second-order valence-corrected chi connectivity index (χ2v) is 5.78. The predicted molar refractivity (Wildman–Crippen MR) is 86.1 cm³/mol. The lowest BCUT2D eigenvalue weighted by Crippen LogP contribution is -2.45. The van der Waals surface area contributed by atoms with Crippen LogP contribution < -0.4 is 5.32 Å². The van der Waals surface area contributed by atoms with Crippen LogP contribution in [0.1, 0.15) is 43.1 Å². The SMILES string of the molecule is CCn1ccc(C(=O)N2CCCC[C@@H]2CCNC(=O)COC)n1. The fourth-order valence-electron chi connectivity index (χ4n) is 2.93. The van der Waals surface area contributed by atoms with Crippen molar-refractivity contribution in [2.45, 2.75) is 45.2 Å². The monoisotopic (exact) mass is 322 g/mol. The summed E-state index contributed by atoms with van der Waals surface area (Å²) >= 11 is 0. The van der Waals surface area contributed by atoms with E-state index in [0.717, 1.165) is 38.8 Å². The van der Waals surface area contributed by atoms with Crippen LogP contribution >= 0.6 is 0 Å². The number of piperidine rings is 1. The Hall–Kier alpha value is -1.89. The van der Waals surface area contributed by atoms with Gasteiger partial charge in [0.25, 0.3) is 5.91 Å². The van der Waals surface area contributed by atoms with E-state index >= 15 is 0 Å². The predicted octanol–water partition coefficient (Wildman–Crippen LogP) is 1.05. The quantitative estimate of drug-likeness (QED) is 0.814. The summed E-state index contributed by atoms with van der Waals surface area (Å²) < 4.78 is 6.55. The summed E-state index contributed by atoms with van der Waals surface area (Å²) in [5.41, 5.74) is 0.502. The van der Waals surface area contributed by atoms with Crippen molar-refractivity contribution in [3.05, 3.63) is 18.0 Å². The molecule has 1 N–H and O–H groups in total. The van der Waals surface area contributed by atoms with Gasteiger partial charge in [0.2, 0.25) is 5.91 Å². The summed E-state index contributed by atoms with van der Waals surface area (Å²) in [5.74, 6) is -0.131. The van der Waals surface area contributed by atoms with Gasteiger partial charge in [-0.25, -0.2) is 0 Å². The maximum absolute atomic E-state index is 12.7. The molecule has 7 nitrogen and oxygen atoms in total. The summed E-state index contributed by atoms with van der Waals surface area (Å²) in [6.45, 7) is 4.13. The fraction of sp³-hybridized carbons (Fsp3) is 0.688. The van der Waals surface area contributed by atoms with E-state index < -0.39 is 0 Å². The Bertz CT molecular complexity index is 529. The first-order valence-corrected chi connectivity index (χ1v) is 8.25. The molecule has 1 aromatic heterocycles. The van der Waals surface area contributed by atoms with Gasteiger partial charge in [0.05, 0.1) is 0 Å². The number of aromatic nitrogens is 2. The van der Waals surface area contributed by atoms with Gasteiger partial charge in [0, 0.05) is 39.0 Å². The van der Waals surface area contributed by atoms with E-state index in [9.17, 15) is 9.59 Å². The van der Waals surface area contributed by atoms with Crippen LogP contribution in [0, 0.1) is 0 Å². The molecule has 0 radical (unpaired) electrons. The van der Waals surface area contributed by atoms with E-state index in [2.05, 4.69) is 10.4 Å². The lowest BCUT2D eigenvalue weighted by Gasteiger charge is -2.35. The van der Waals surface area contributed by atoms with Gasteiger partial charge in [-0.05, 0) is 38.7 Å². The number of carbonyl (C=O) groups excluding carboxylic acids is 2. The zero-order valence-corrected chi connectivity index (χ0v) is 14.0. The third-order valence-corrected chi connectivity index (χ3v) is 4.15. The van der Waals surface area contributed by atoms with Gasteiger partial charge in [0.15, 0.2) is 0 Å². The molecule has 1 aliphatic heterocycles. The smallest absolute Gasteiger partial charge is 0.274 e. The number of likely N-dealkylation sites (tertiary alicyclic amines) is 1. The van der Waals surface area contributed by atoms with Crippen LogP contribution in [0.5, 0.6) is 0 Å². The first-order valence-electron chi connectivity index (χ1n) is 8.25. The molecule has 0 saturated carbocycles. The fourth-order valence-corrected chi connectivity index (χ4v) is 2.93. The number of carbonyl (C=O) groups is 2. The molecular formula is C16H26N4O3. The Balaban J connectivity index is 1.92. The van der Waals surface area contributed by atoms with Crippen LogP contribution in [0.3, 0.4) is 0 Å². The number of hydrogen-bond donors (Lipinski definition) is 1. The number of nitrogens with zero attached hydrogens (tertiary/aromatic N) is 3. The van der Waals surface area contributed by atoms with Gasteiger partial charge in [0.1, 0.15) is 12.3 Å². The Morgan fingerprint density at radius 2 is 2.26 bits per heavy atom. The molecule has 0 unspecified atom stereocenters. The number of ether oxygens (including phenoxy) is 1. The number of methoxy groups -OCH3 is 1. The van der Waals surface area contributed by atoms with E-state index in [1.165, 1.54) is 7.11 Å². The molecule has 2 amide bonds. The standard InChI is InChI=1S/C16H26N4O3/c1-3-19-11-8-14(18-19)16(22)20-10-5-4-6-13(20)7-9-17-15(21)12-23-2/h8,11,13H,3-7,9-10,12H2,1-2H3,(H,17,21)/t13-/m1/s1. The minimum Gasteiger partial charge on any atom is -0.375 e. The Labute approximate surface area is 137 Å². The summed E-state index contributed by atoms with van der Waals surface area (Å²) in [4.78, 5) is 26.0. The average molecular weight is 322 g/mol. The second-order valence-electron chi connectivity index (χ2n) is 5.78. The molecule has 1 atom stereocenters. The van der Waals surface area contributed by atoms with Gasteiger partial charge in [-0.15, -0.1) is 0 Å². The zero-order chi connectivity index (χ0) is 16.7. The van der Waals surface area contributed by atoms with Crippen molar-refractivity contribution in [3.8, 4) is 0 Å². The molecule has 128 valence electrons. The first-order chi connectivity index (χ1) is 11.2. The molecule has 1 fully saturated rings. The Morgan fingerprint density at radius 1 is 1.43 bits per heavy atom. The van der Waals surface area contributed by atoms with E-state index in [1.807, 2.05) is 18.0 Å². The van der Waals surface area contributed by atoms with Crippen molar-refractivity contribution in [2.24, 2.45) is 0 Å². The normalized spacial score (nSPS) is 18.0. The summed E-state index contributed by atoms with van der Waals surface area (Å²) in [7, 11) is 1.50. The van der Waals surface area contributed by atoms with Crippen molar-refractivity contribution >= 4 is 11.8 Å². The van der Waals surface area contributed by atoms with Crippen molar-refractivity contribution < 1.29 is 14.3 Å². The maximum Gasteiger partial charge on any atom is 0.274 e. The lowest BCUT2D eigenvalue weighted by atomic mass is 9.99. The zero-order valence-electron chi connectivity index (χ0n) is 14.0. The molecular weight excluding hydrogens is 296 g/mol. The molecule has 0 spiro atoms. The highest BCUT2D eigenvalue weighted by Crippen LogP contribution is 2.21. The third-order valence-electron chi connectivity index (χ3n) is 4.15. The van der Waals surface area contributed by atoms with Gasteiger partial charge < -0.3 is 15.0 Å².